The zero-order valence-electron chi connectivity index (χ0n) is 11.7. The summed E-state index contributed by atoms with van der Waals surface area (Å²) in [4.78, 5) is 19.9. The maximum atomic E-state index is 11.9. The molecule has 110 valence electrons. The van der Waals surface area contributed by atoms with E-state index in [0.29, 0.717) is 10.8 Å². The highest BCUT2D eigenvalue weighted by molar-refractivity contribution is 7.13. The van der Waals surface area contributed by atoms with Crippen LogP contribution in [0.3, 0.4) is 0 Å². The van der Waals surface area contributed by atoms with E-state index >= 15 is 0 Å². The van der Waals surface area contributed by atoms with Crippen LogP contribution in [0.2, 0.25) is 0 Å². The first kappa shape index (κ1) is 15.0. The van der Waals surface area contributed by atoms with E-state index < -0.39 is 0 Å². The largest absolute Gasteiger partial charge is 0.370 e. The minimum atomic E-state index is -0.124. The third-order valence-electron chi connectivity index (χ3n) is 2.75. The zero-order chi connectivity index (χ0) is 15.2. The SMILES string of the molecule is CCc1ccc(NC(=O)Cc2csc(N=C(N)N)n2)cc1. The fourth-order valence-corrected chi connectivity index (χ4v) is 2.44. The van der Waals surface area contributed by atoms with Crippen LogP contribution in [0.15, 0.2) is 34.6 Å². The Kier molecular flexibility index (Phi) is 4.89. The molecule has 0 bridgehead atoms. The number of nitrogens with one attached hydrogen (secondary N) is 1. The van der Waals surface area contributed by atoms with Crippen molar-refractivity contribution >= 4 is 34.0 Å². The molecule has 1 aromatic heterocycles. The molecule has 0 fully saturated rings. The number of nitrogens with two attached hydrogens (primary N) is 2. The van der Waals surface area contributed by atoms with Crippen molar-refractivity contribution < 1.29 is 4.79 Å². The van der Waals surface area contributed by atoms with Crippen molar-refractivity contribution in [3.05, 3.63) is 40.9 Å². The first-order valence-electron chi connectivity index (χ1n) is 6.49. The predicted octanol–water partition coefficient (Wildman–Crippen LogP) is 1.79. The van der Waals surface area contributed by atoms with Gasteiger partial charge in [-0.1, -0.05) is 19.1 Å². The minimum absolute atomic E-state index is 0.0450. The van der Waals surface area contributed by atoms with Gasteiger partial charge in [-0.05, 0) is 24.1 Å². The van der Waals surface area contributed by atoms with Gasteiger partial charge in [-0.15, -0.1) is 11.3 Å². The van der Waals surface area contributed by atoms with Crippen LogP contribution in [0, 0.1) is 0 Å². The Labute approximate surface area is 126 Å². The molecule has 0 aliphatic rings. The summed E-state index contributed by atoms with van der Waals surface area (Å²) in [5.74, 6) is -0.169. The Bertz CT molecular complexity index is 644. The van der Waals surface area contributed by atoms with Gasteiger partial charge in [0.05, 0.1) is 12.1 Å². The lowest BCUT2D eigenvalue weighted by Crippen LogP contribution is -2.21. The van der Waals surface area contributed by atoms with Gasteiger partial charge in [0, 0.05) is 11.1 Å². The second-order valence-corrected chi connectivity index (χ2v) is 5.27. The summed E-state index contributed by atoms with van der Waals surface area (Å²) in [6.45, 7) is 2.09. The van der Waals surface area contributed by atoms with Crippen molar-refractivity contribution in [2.24, 2.45) is 16.5 Å². The van der Waals surface area contributed by atoms with Gasteiger partial charge in [-0.25, -0.2) is 4.98 Å². The molecule has 5 N–H and O–H groups in total. The maximum absolute atomic E-state index is 11.9. The van der Waals surface area contributed by atoms with E-state index in [0.717, 1.165) is 12.1 Å². The second kappa shape index (κ2) is 6.85. The highest BCUT2D eigenvalue weighted by atomic mass is 32.1. The molecule has 1 heterocycles. The standard InChI is InChI=1S/C14H17N5OS/c1-2-9-3-5-10(6-4-9)17-12(20)7-11-8-21-14(18-11)19-13(15)16/h3-6,8H,2,7H2,1H3,(H,17,20)(H4,15,16,18,19). The molecule has 0 saturated heterocycles. The summed E-state index contributed by atoms with van der Waals surface area (Å²) < 4.78 is 0. The molecular weight excluding hydrogens is 286 g/mol. The van der Waals surface area contributed by atoms with Gasteiger partial charge in [0.15, 0.2) is 5.96 Å². The molecule has 2 aromatic rings. The predicted molar refractivity (Wildman–Crippen MR) is 85.7 cm³/mol. The molecule has 21 heavy (non-hydrogen) atoms. The van der Waals surface area contributed by atoms with E-state index in [1.54, 1.807) is 5.38 Å². The lowest BCUT2D eigenvalue weighted by molar-refractivity contribution is -0.115. The molecule has 0 saturated carbocycles. The molecule has 0 radical (unpaired) electrons. The van der Waals surface area contributed by atoms with Crippen LogP contribution < -0.4 is 16.8 Å². The molecule has 0 spiro atoms. The smallest absolute Gasteiger partial charge is 0.230 e. The number of anilines is 1. The van der Waals surface area contributed by atoms with Crippen LogP contribution in [0.1, 0.15) is 18.2 Å². The number of nitrogens with zero attached hydrogens (tertiary/aromatic N) is 2. The van der Waals surface area contributed by atoms with Gasteiger partial charge in [0.2, 0.25) is 11.0 Å². The number of amides is 1. The van der Waals surface area contributed by atoms with Crippen molar-refractivity contribution in [1.82, 2.24) is 4.98 Å². The number of guanidine groups is 1. The Hall–Kier alpha value is -2.41. The molecule has 0 unspecified atom stereocenters. The van der Waals surface area contributed by atoms with Crippen LogP contribution in [0.25, 0.3) is 0 Å². The van der Waals surface area contributed by atoms with Gasteiger partial charge in [-0.2, -0.15) is 4.99 Å². The van der Waals surface area contributed by atoms with Gasteiger partial charge >= 0.3 is 0 Å². The number of thiazole rings is 1. The summed E-state index contributed by atoms with van der Waals surface area (Å²) >= 11 is 1.29. The first-order chi connectivity index (χ1) is 10.1. The van der Waals surface area contributed by atoms with E-state index in [1.807, 2.05) is 24.3 Å². The first-order valence-corrected chi connectivity index (χ1v) is 7.37. The summed E-state index contributed by atoms with van der Waals surface area (Å²) in [7, 11) is 0. The summed E-state index contributed by atoms with van der Waals surface area (Å²) in [6, 6.07) is 7.77. The molecule has 0 aliphatic carbocycles. The second-order valence-electron chi connectivity index (χ2n) is 4.43. The topological polar surface area (TPSA) is 106 Å². The van der Waals surface area contributed by atoms with E-state index in [4.69, 9.17) is 11.5 Å². The zero-order valence-corrected chi connectivity index (χ0v) is 12.5. The number of carbonyl (C=O) groups is 1. The molecular formula is C14H17N5OS. The molecule has 0 aliphatic heterocycles. The van der Waals surface area contributed by atoms with Crippen molar-refractivity contribution in [1.29, 1.82) is 0 Å². The van der Waals surface area contributed by atoms with Crippen LogP contribution in [-0.2, 0) is 17.6 Å². The maximum Gasteiger partial charge on any atom is 0.230 e. The average molecular weight is 303 g/mol. The highest BCUT2D eigenvalue weighted by Gasteiger charge is 2.08. The van der Waals surface area contributed by atoms with Crippen LogP contribution in [0.4, 0.5) is 10.8 Å². The Morgan fingerprint density at radius 2 is 2.05 bits per heavy atom. The average Bonchev–Trinajstić information content (AvgIpc) is 2.85. The van der Waals surface area contributed by atoms with E-state index in [-0.39, 0.29) is 18.3 Å². The van der Waals surface area contributed by atoms with Crippen LogP contribution in [-0.4, -0.2) is 16.9 Å². The van der Waals surface area contributed by atoms with Crippen molar-refractivity contribution in [3.8, 4) is 0 Å². The molecule has 7 heteroatoms. The third-order valence-corrected chi connectivity index (χ3v) is 3.54. The normalized spacial score (nSPS) is 10.1. The summed E-state index contributed by atoms with van der Waals surface area (Å²) in [6.07, 6.45) is 1.16. The number of carbonyl (C=O) groups excluding carboxylic acids is 1. The van der Waals surface area contributed by atoms with E-state index in [1.165, 1.54) is 16.9 Å². The lowest BCUT2D eigenvalue weighted by atomic mass is 10.1. The number of rotatable bonds is 5. The van der Waals surface area contributed by atoms with Crippen LogP contribution in [0.5, 0.6) is 0 Å². The van der Waals surface area contributed by atoms with Crippen molar-refractivity contribution in [3.63, 3.8) is 0 Å². The van der Waals surface area contributed by atoms with E-state index in [9.17, 15) is 4.79 Å². The summed E-state index contributed by atoms with van der Waals surface area (Å²) in [5, 5.41) is 5.05. The number of aliphatic imine (C=N–C) groups is 1. The Morgan fingerprint density at radius 3 is 2.67 bits per heavy atom. The van der Waals surface area contributed by atoms with Gasteiger partial charge in [0.25, 0.3) is 0 Å². The molecule has 2 rings (SSSR count). The number of hydrogen-bond donors (Lipinski definition) is 3. The summed E-state index contributed by atoms with van der Waals surface area (Å²) in [5.41, 5.74) is 13.2. The number of hydrogen-bond acceptors (Lipinski definition) is 4. The van der Waals surface area contributed by atoms with Gasteiger partial charge in [0.1, 0.15) is 0 Å². The van der Waals surface area contributed by atoms with Crippen molar-refractivity contribution in [2.75, 3.05) is 5.32 Å². The van der Waals surface area contributed by atoms with Gasteiger partial charge < -0.3 is 16.8 Å². The quantitative estimate of drug-likeness (QED) is 0.578. The fourth-order valence-electron chi connectivity index (χ4n) is 1.73. The van der Waals surface area contributed by atoms with E-state index in [2.05, 4.69) is 22.2 Å². The Morgan fingerprint density at radius 1 is 1.33 bits per heavy atom. The molecule has 6 nitrogen and oxygen atoms in total. The number of aryl methyl sites for hydroxylation is 1. The lowest BCUT2D eigenvalue weighted by Gasteiger charge is -2.04. The fraction of sp³-hybridized carbons (Fsp3) is 0.214. The molecule has 0 atom stereocenters. The van der Waals surface area contributed by atoms with Gasteiger partial charge in [-0.3, -0.25) is 4.79 Å². The third kappa shape index (κ3) is 4.57. The Balaban J connectivity index is 1.94. The molecule has 1 amide bonds. The minimum Gasteiger partial charge on any atom is -0.370 e. The number of aromatic nitrogens is 1. The molecule has 1 aromatic carbocycles. The monoisotopic (exact) mass is 303 g/mol. The number of benzene rings is 1. The highest BCUT2D eigenvalue weighted by Crippen LogP contribution is 2.19. The van der Waals surface area contributed by atoms with Crippen molar-refractivity contribution in [2.45, 2.75) is 19.8 Å². The van der Waals surface area contributed by atoms with Crippen LogP contribution >= 0.6 is 11.3 Å².